The monoisotopic (exact) mass is 253 g/mol. The molecule has 0 saturated carbocycles. The first-order valence-corrected chi connectivity index (χ1v) is 5.34. The summed E-state index contributed by atoms with van der Waals surface area (Å²) in [5.41, 5.74) is 0.0219. The van der Waals surface area contributed by atoms with Gasteiger partial charge in [-0.3, -0.25) is 4.98 Å². The van der Waals surface area contributed by atoms with Crippen molar-refractivity contribution in [2.45, 2.75) is 6.92 Å². The van der Waals surface area contributed by atoms with Crippen LogP contribution in [0.4, 0.5) is 19.0 Å². The summed E-state index contributed by atoms with van der Waals surface area (Å²) in [5, 5.41) is 2.88. The average molecular weight is 253 g/mol. The van der Waals surface area contributed by atoms with Gasteiger partial charge in [0, 0.05) is 24.5 Å². The maximum Gasteiger partial charge on any atom is 0.195 e. The Balaban J connectivity index is 2.59. The minimum absolute atomic E-state index is 0.127. The van der Waals surface area contributed by atoms with Crippen molar-refractivity contribution in [3.63, 3.8) is 0 Å². The van der Waals surface area contributed by atoms with Crippen molar-refractivity contribution >= 4 is 5.82 Å². The van der Waals surface area contributed by atoms with E-state index >= 15 is 0 Å². The molecule has 6 heteroatoms. The SMILES string of the molecule is CCNc1nccnc1-c1ccc(F)c(F)c1F. The topological polar surface area (TPSA) is 37.8 Å². The largest absolute Gasteiger partial charge is 0.369 e. The Morgan fingerprint density at radius 1 is 1.06 bits per heavy atom. The number of aromatic nitrogens is 2. The van der Waals surface area contributed by atoms with Gasteiger partial charge in [-0.15, -0.1) is 0 Å². The molecule has 0 fully saturated rings. The molecule has 2 rings (SSSR count). The van der Waals surface area contributed by atoms with Gasteiger partial charge >= 0.3 is 0 Å². The van der Waals surface area contributed by atoms with Crippen molar-refractivity contribution in [3.05, 3.63) is 42.0 Å². The molecule has 0 amide bonds. The number of halogens is 3. The van der Waals surface area contributed by atoms with Crippen molar-refractivity contribution < 1.29 is 13.2 Å². The van der Waals surface area contributed by atoms with Crippen LogP contribution < -0.4 is 5.32 Å². The highest BCUT2D eigenvalue weighted by Gasteiger charge is 2.18. The van der Waals surface area contributed by atoms with Gasteiger partial charge in [-0.25, -0.2) is 18.2 Å². The zero-order valence-corrected chi connectivity index (χ0v) is 9.54. The van der Waals surface area contributed by atoms with Crippen molar-refractivity contribution in [2.75, 3.05) is 11.9 Å². The zero-order chi connectivity index (χ0) is 13.1. The molecule has 1 N–H and O–H groups in total. The third kappa shape index (κ3) is 2.13. The summed E-state index contributed by atoms with van der Waals surface area (Å²) in [6.07, 6.45) is 2.79. The first kappa shape index (κ1) is 12.3. The normalized spacial score (nSPS) is 10.4. The fraction of sp³-hybridized carbons (Fsp3) is 0.167. The number of benzene rings is 1. The molecule has 0 aliphatic carbocycles. The van der Waals surface area contributed by atoms with E-state index in [0.717, 1.165) is 12.1 Å². The van der Waals surface area contributed by atoms with E-state index in [2.05, 4.69) is 15.3 Å². The Labute approximate surface area is 102 Å². The lowest BCUT2D eigenvalue weighted by Crippen LogP contribution is -2.04. The van der Waals surface area contributed by atoms with Crippen LogP contribution in [0.2, 0.25) is 0 Å². The van der Waals surface area contributed by atoms with Gasteiger partial charge in [0.15, 0.2) is 23.3 Å². The van der Waals surface area contributed by atoms with E-state index in [1.54, 1.807) is 0 Å². The highest BCUT2D eigenvalue weighted by molar-refractivity contribution is 5.71. The Morgan fingerprint density at radius 2 is 1.78 bits per heavy atom. The van der Waals surface area contributed by atoms with Crippen molar-refractivity contribution in [3.8, 4) is 11.3 Å². The summed E-state index contributed by atoms with van der Waals surface area (Å²) in [7, 11) is 0. The van der Waals surface area contributed by atoms with E-state index in [1.165, 1.54) is 12.4 Å². The minimum atomic E-state index is -1.51. The zero-order valence-electron chi connectivity index (χ0n) is 9.54. The quantitative estimate of drug-likeness (QED) is 0.854. The molecule has 0 spiro atoms. The number of anilines is 1. The highest BCUT2D eigenvalue weighted by Crippen LogP contribution is 2.28. The van der Waals surface area contributed by atoms with E-state index in [-0.39, 0.29) is 11.3 Å². The average Bonchev–Trinajstić information content (AvgIpc) is 2.38. The van der Waals surface area contributed by atoms with Crippen LogP contribution in [-0.2, 0) is 0 Å². The Hall–Kier alpha value is -2.11. The molecule has 94 valence electrons. The van der Waals surface area contributed by atoms with Crippen LogP contribution in [0.25, 0.3) is 11.3 Å². The number of rotatable bonds is 3. The highest BCUT2D eigenvalue weighted by atomic mass is 19.2. The second-order valence-electron chi connectivity index (χ2n) is 3.51. The first-order chi connectivity index (χ1) is 8.65. The predicted octanol–water partition coefficient (Wildman–Crippen LogP) is 2.99. The predicted molar refractivity (Wildman–Crippen MR) is 61.5 cm³/mol. The summed E-state index contributed by atoms with van der Waals surface area (Å²) in [5.74, 6) is -3.69. The van der Waals surface area contributed by atoms with Gasteiger partial charge in [0.05, 0.1) is 0 Å². The van der Waals surface area contributed by atoms with E-state index in [9.17, 15) is 13.2 Å². The third-order valence-corrected chi connectivity index (χ3v) is 2.33. The number of nitrogens with zero attached hydrogens (tertiary/aromatic N) is 2. The minimum Gasteiger partial charge on any atom is -0.369 e. The maximum absolute atomic E-state index is 13.7. The molecule has 0 aliphatic rings. The van der Waals surface area contributed by atoms with Crippen LogP contribution in [0.5, 0.6) is 0 Å². The molecule has 2 aromatic rings. The molecular formula is C12H10F3N3. The second-order valence-corrected chi connectivity index (χ2v) is 3.51. The molecule has 0 aliphatic heterocycles. The molecule has 0 radical (unpaired) electrons. The summed E-state index contributed by atoms with van der Waals surface area (Å²) in [6, 6.07) is 2.00. The van der Waals surface area contributed by atoms with Gasteiger partial charge in [0.1, 0.15) is 5.69 Å². The Kier molecular flexibility index (Phi) is 3.45. The standard InChI is InChI=1S/C12H10F3N3/c1-2-16-12-11(17-5-6-18-12)7-3-4-8(13)10(15)9(7)14/h3-6H,2H2,1H3,(H,16,18). The van der Waals surface area contributed by atoms with Crippen LogP contribution in [0, 0.1) is 17.5 Å². The van der Waals surface area contributed by atoms with Crippen LogP contribution in [0.15, 0.2) is 24.5 Å². The number of nitrogens with one attached hydrogen (secondary N) is 1. The molecular weight excluding hydrogens is 243 g/mol. The second kappa shape index (κ2) is 5.03. The van der Waals surface area contributed by atoms with E-state index in [1.807, 2.05) is 6.92 Å². The first-order valence-electron chi connectivity index (χ1n) is 5.34. The number of hydrogen-bond acceptors (Lipinski definition) is 3. The van der Waals surface area contributed by atoms with Gasteiger partial charge in [-0.05, 0) is 19.1 Å². The number of hydrogen-bond donors (Lipinski definition) is 1. The van der Waals surface area contributed by atoms with Crippen LogP contribution in [-0.4, -0.2) is 16.5 Å². The van der Waals surface area contributed by atoms with Gasteiger partial charge < -0.3 is 5.32 Å². The van der Waals surface area contributed by atoms with Crippen molar-refractivity contribution in [2.24, 2.45) is 0 Å². The third-order valence-electron chi connectivity index (χ3n) is 2.33. The lowest BCUT2D eigenvalue weighted by atomic mass is 10.1. The fourth-order valence-electron chi connectivity index (χ4n) is 1.54. The van der Waals surface area contributed by atoms with E-state index < -0.39 is 17.5 Å². The van der Waals surface area contributed by atoms with Crippen LogP contribution in [0.3, 0.4) is 0 Å². The molecule has 1 aromatic heterocycles. The summed E-state index contributed by atoms with van der Waals surface area (Å²) in [6.45, 7) is 2.39. The van der Waals surface area contributed by atoms with Crippen molar-refractivity contribution in [1.29, 1.82) is 0 Å². The van der Waals surface area contributed by atoms with Crippen molar-refractivity contribution in [1.82, 2.24) is 9.97 Å². The Morgan fingerprint density at radius 3 is 2.50 bits per heavy atom. The van der Waals surface area contributed by atoms with Gasteiger partial charge in [-0.2, -0.15) is 0 Å². The van der Waals surface area contributed by atoms with Crippen LogP contribution in [0.1, 0.15) is 6.92 Å². The molecule has 3 nitrogen and oxygen atoms in total. The maximum atomic E-state index is 13.7. The van der Waals surface area contributed by atoms with Gasteiger partial charge in [-0.1, -0.05) is 0 Å². The van der Waals surface area contributed by atoms with Crippen LogP contribution >= 0.6 is 0 Å². The molecule has 0 atom stereocenters. The summed E-state index contributed by atoms with van der Waals surface area (Å²) >= 11 is 0. The smallest absolute Gasteiger partial charge is 0.195 e. The molecule has 0 bridgehead atoms. The summed E-state index contributed by atoms with van der Waals surface area (Å²) in [4.78, 5) is 7.93. The molecule has 0 saturated heterocycles. The molecule has 1 aromatic carbocycles. The lowest BCUT2D eigenvalue weighted by molar-refractivity contribution is 0.449. The molecule has 0 unspecified atom stereocenters. The van der Waals surface area contributed by atoms with E-state index in [0.29, 0.717) is 12.4 Å². The van der Waals surface area contributed by atoms with Gasteiger partial charge in [0.25, 0.3) is 0 Å². The van der Waals surface area contributed by atoms with E-state index in [4.69, 9.17) is 0 Å². The summed E-state index contributed by atoms with van der Waals surface area (Å²) < 4.78 is 39.7. The van der Waals surface area contributed by atoms with Gasteiger partial charge in [0.2, 0.25) is 0 Å². The lowest BCUT2D eigenvalue weighted by Gasteiger charge is -2.09. The fourth-order valence-corrected chi connectivity index (χ4v) is 1.54. The molecule has 18 heavy (non-hydrogen) atoms. The Bertz CT molecular complexity index is 572. The molecule has 1 heterocycles.